The van der Waals surface area contributed by atoms with Gasteiger partial charge in [-0.1, -0.05) is 47.0 Å². The second-order valence-electron chi connectivity index (χ2n) is 5.76. The van der Waals surface area contributed by atoms with Gasteiger partial charge in [0.05, 0.1) is 0 Å². The molecule has 6 heteroatoms. The van der Waals surface area contributed by atoms with Crippen LogP contribution in [0.5, 0.6) is 0 Å². The smallest absolute Gasteiger partial charge is 0.225 e. The summed E-state index contributed by atoms with van der Waals surface area (Å²) < 4.78 is 0. The Morgan fingerprint density at radius 3 is 2.25 bits per heavy atom. The summed E-state index contributed by atoms with van der Waals surface area (Å²) in [5, 5.41) is 5.84. The Morgan fingerprint density at radius 1 is 1.10 bits per heavy atom. The van der Waals surface area contributed by atoms with E-state index in [1.54, 1.807) is 0 Å². The van der Waals surface area contributed by atoms with Crippen LogP contribution < -0.4 is 16.4 Å². The van der Waals surface area contributed by atoms with E-state index in [9.17, 15) is 4.79 Å². The normalized spacial score (nSPS) is 11.7. The van der Waals surface area contributed by atoms with Crippen molar-refractivity contribution >= 4 is 35.8 Å². The lowest BCUT2D eigenvalue weighted by atomic mass is 9.96. The zero-order chi connectivity index (χ0) is 14.7. The Hall–Kier alpha value is -0.530. The van der Waals surface area contributed by atoms with Gasteiger partial charge in [0.15, 0.2) is 5.96 Å². The summed E-state index contributed by atoms with van der Waals surface area (Å²) in [5.41, 5.74) is 5.37. The lowest BCUT2D eigenvalue weighted by Crippen LogP contribution is -2.41. The number of hydrogen-bond acceptors (Lipinski definition) is 2. The highest BCUT2D eigenvalue weighted by Crippen LogP contribution is 2.11. The third kappa shape index (κ3) is 12.5. The molecule has 0 saturated heterocycles. The molecule has 0 atom stereocenters. The first-order valence-electron chi connectivity index (χ1n) is 7.20. The van der Waals surface area contributed by atoms with Gasteiger partial charge in [0, 0.05) is 25.0 Å². The van der Waals surface area contributed by atoms with Gasteiger partial charge in [-0.2, -0.15) is 0 Å². The SMILES string of the molecule is CCCCCCN=C(N)NCCNC(=O)C(C)(C)C.I. The molecule has 20 heavy (non-hydrogen) atoms. The average Bonchev–Trinajstić information content (AvgIpc) is 2.33. The number of unbranched alkanes of at least 4 members (excludes halogenated alkanes) is 3. The number of rotatable bonds is 8. The summed E-state index contributed by atoms with van der Waals surface area (Å²) >= 11 is 0. The van der Waals surface area contributed by atoms with Crippen molar-refractivity contribution in [1.29, 1.82) is 0 Å². The van der Waals surface area contributed by atoms with Crippen LogP contribution in [0.4, 0.5) is 0 Å². The quantitative estimate of drug-likeness (QED) is 0.254. The topological polar surface area (TPSA) is 79.5 Å². The molecule has 0 spiro atoms. The monoisotopic (exact) mass is 398 g/mol. The number of aliphatic imine (C=N–C) groups is 1. The maximum atomic E-state index is 11.6. The minimum atomic E-state index is -0.348. The van der Waals surface area contributed by atoms with Crippen LogP contribution in [0.2, 0.25) is 0 Å². The van der Waals surface area contributed by atoms with Crippen molar-refractivity contribution in [3.8, 4) is 0 Å². The summed E-state index contributed by atoms with van der Waals surface area (Å²) in [6, 6.07) is 0. The number of nitrogens with zero attached hydrogens (tertiary/aromatic N) is 1. The number of hydrogen-bond donors (Lipinski definition) is 3. The van der Waals surface area contributed by atoms with Crippen molar-refractivity contribution < 1.29 is 4.79 Å². The van der Waals surface area contributed by atoms with E-state index in [1.165, 1.54) is 19.3 Å². The predicted molar refractivity (Wildman–Crippen MR) is 96.5 cm³/mol. The molecule has 0 aromatic heterocycles. The number of guanidine groups is 1. The zero-order valence-electron chi connectivity index (χ0n) is 13.3. The van der Waals surface area contributed by atoms with Crippen LogP contribution in [0, 0.1) is 5.41 Å². The summed E-state index contributed by atoms with van der Waals surface area (Å²) in [7, 11) is 0. The number of carbonyl (C=O) groups is 1. The highest BCUT2D eigenvalue weighted by Gasteiger charge is 2.19. The van der Waals surface area contributed by atoms with Gasteiger partial charge in [0.25, 0.3) is 0 Å². The standard InChI is InChI=1S/C14H30N4O.HI/c1-5-6-7-8-9-17-13(15)18-11-10-16-12(19)14(2,3)4;/h5-11H2,1-4H3,(H,16,19)(H3,15,17,18);1H. The largest absolute Gasteiger partial charge is 0.370 e. The molecule has 0 unspecified atom stereocenters. The predicted octanol–water partition coefficient (Wildman–Crippen LogP) is 2.25. The molecule has 120 valence electrons. The van der Waals surface area contributed by atoms with Gasteiger partial charge in [-0.05, 0) is 6.42 Å². The summed E-state index contributed by atoms with van der Waals surface area (Å²) in [6.45, 7) is 9.79. The van der Waals surface area contributed by atoms with Gasteiger partial charge >= 0.3 is 0 Å². The van der Waals surface area contributed by atoms with Crippen molar-refractivity contribution in [2.75, 3.05) is 19.6 Å². The molecule has 4 N–H and O–H groups in total. The third-order valence-corrected chi connectivity index (χ3v) is 2.69. The van der Waals surface area contributed by atoms with E-state index in [4.69, 9.17) is 5.73 Å². The summed E-state index contributed by atoms with van der Waals surface area (Å²) in [5.74, 6) is 0.505. The lowest BCUT2D eigenvalue weighted by Gasteiger charge is -2.17. The van der Waals surface area contributed by atoms with Gasteiger partial charge in [-0.15, -0.1) is 24.0 Å². The van der Waals surface area contributed by atoms with Crippen molar-refractivity contribution in [2.24, 2.45) is 16.1 Å². The van der Waals surface area contributed by atoms with Crippen LogP contribution in [0.25, 0.3) is 0 Å². The van der Waals surface area contributed by atoms with Gasteiger partial charge in [-0.3, -0.25) is 9.79 Å². The molecule has 0 fully saturated rings. The molecular formula is C14H31IN4O. The van der Waals surface area contributed by atoms with Crippen LogP contribution >= 0.6 is 24.0 Å². The molecular weight excluding hydrogens is 367 g/mol. The first-order valence-corrected chi connectivity index (χ1v) is 7.20. The molecule has 0 aliphatic carbocycles. The molecule has 0 bridgehead atoms. The fourth-order valence-electron chi connectivity index (χ4n) is 1.43. The van der Waals surface area contributed by atoms with Crippen molar-refractivity contribution in [2.45, 2.75) is 53.4 Å². The summed E-state index contributed by atoms with van der Waals surface area (Å²) in [4.78, 5) is 15.8. The van der Waals surface area contributed by atoms with Crippen molar-refractivity contribution in [1.82, 2.24) is 10.6 Å². The van der Waals surface area contributed by atoms with Gasteiger partial charge in [0.1, 0.15) is 0 Å². The van der Waals surface area contributed by atoms with Crippen molar-refractivity contribution in [3.05, 3.63) is 0 Å². The van der Waals surface area contributed by atoms with E-state index >= 15 is 0 Å². The second kappa shape index (κ2) is 12.2. The van der Waals surface area contributed by atoms with Crippen molar-refractivity contribution in [3.63, 3.8) is 0 Å². The van der Waals surface area contributed by atoms with Crippen LogP contribution in [0.1, 0.15) is 53.4 Å². The van der Waals surface area contributed by atoms with E-state index in [0.29, 0.717) is 19.0 Å². The van der Waals surface area contributed by atoms with Crippen LogP contribution in [-0.2, 0) is 4.79 Å². The molecule has 0 heterocycles. The minimum absolute atomic E-state index is 0. The zero-order valence-corrected chi connectivity index (χ0v) is 15.6. The highest BCUT2D eigenvalue weighted by atomic mass is 127. The first-order chi connectivity index (χ1) is 8.88. The number of nitrogens with one attached hydrogen (secondary N) is 2. The fraction of sp³-hybridized carbons (Fsp3) is 0.857. The van der Waals surface area contributed by atoms with Crippen LogP contribution in [-0.4, -0.2) is 31.5 Å². The number of halogens is 1. The number of nitrogens with two attached hydrogens (primary N) is 1. The van der Waals surface area contributed by atoms with E-state index in [-0.39, 0.29) is 35.3 Å². The molecule has 0 aromatic rings. The van der Waals surface area contributed by atoms with Gasteiger partial charge < -0.3 is 16.4 Å². The molecule has 5 nitrogen and oxygen atoms in total. The Kier molecular flexibility index (Phi) is 13.3. The van der Waals surface area contributed by atoms with Gasteiger partial charge in [0.2, 0.25) is 5.91 Å². The van der Waals surface area contributed by atoms with Crippen LogP contribution in [0.3, 0.4) is 0 Å². The third-order valence-electron chi connectivity index (χ3n) is 2.69. The van der Waals surface area contributed by atoms with Crippen LogP contribution in [0.15, 0.2) is 4.99 Å². The summed E-state index contributed by atoms with van der Waals surface area (Å²) in [6.07, 6.45) is 4.76. The molecule has 0 aliphatic rings. The van der Waals surface area contributed by atoms with E-state index in [1.807, 2.05) is 20.8 Å². The molecule has 0 rings (SSSR count). The first kappa shape index (κ1) is 21.8. The lowest BCUT2D eigenvalue weighted by molar-refractivity contribution is -0.128. The Balaban J connectivity index is 0. The van der Waals surface area contributed by atoms with Gasteiger partial charge in [-0.25, -0.2) is 0 Å². The fourth-order valence-corrected chi connectivity index (χ4v) is 1.43. The Bertz CT molecular complexity index is 287. The molecule has 0 saturated carbocycles. The maximum Gasteiger partial charge on any atom is 0.225 e. The maximum absolute atomic E-state index is 11.6. The highest BCUT2D eigenvalue weighted by molar-refractivity contribution is 14.0. The number of carbonyl (C=O) groups excluding carboxylic acids is 1. The van der Waals surface area contributed by atoms with E-state index in [2.05, 4.69) is 22.5 Å². The van der Waals surface area contributed by atoms with E-state index in [0.717, 1.165) is 13.0 Å². The number of amides is 1. The second-order valence-corrected chi connectivity index (χ2v) is 5.76. The average molecular weight is 398 g/mol. The minimum Gasteiger partial charge on any atom is -0.370 e. The Morgan fingerprint density at radius 2 is 1.70 bits per heavy atom. The molecule has 0 aliphatic heterocycles. The molecule has 0 aromatic carbocycles. The van der Waals surface area contributed by atoms with E-state index < -0.39 is 0 Å². The molecule has 0 radical (unpaired) electrons. The Labute approximate surface area is 140 Å². The molecule has 1 amide bonds.